The van der Waals surface area contributed by atoms with Crippen LogP contribution in [0.25, 0.3) is 11.3 Å². The van der Waals surface area contributed by atoms with Gasteiger partial charge in [-0.05, 0) is 62.4 Å². The normalized spacial score (nSPS) is 11.6. The number of ether oxygens (including phenoxy) is 1. The van der Waals surface area contributed by atoms with Gasteiger partial charge in [0.05, 0.1) is 5.69 Å². The standard InChI is InChI=1S/C22H18FNO5/c1-13(25)17-5-3-4-6-18(17)24-21(26)14(2)28-22(27)20-12-11-19(29-20)15-7-9-16(23)10-8-15/h3-12,14H,1-2H3,(H,24,26)/t14-/m1/s1. The molecule has 29 heavy (non-hydrogen) atoms. The third-order valence-corrected chi connectivity index (χ3v) is 4.15. The van der Waals surface area contributed by atoms with Gasteiger partial charge in [-0.1, -0.05) is 12.1 Å². The van der Waals surface area contributed by atoms with E-state index in [0.29, 0.717) is 22.6 Å². The molecule has 148 valence electrons. The molecule has 0 spiro atoms. The molecule has 1 heterocycles. The Labute approximate surface area is 166 Å². The summed E-state index contributed by atoms with van der Waals surface area (Å²) in [6, 6.07) is 15.1. The first kappa shape index (κ1) is 20.0. The second-order valence-electron chi connectivity index (χ2n) is 6.31. The van der Waals surface area contributed by atoms with Crippen molar-refractivity contribution in [2.45, 2.75) is 20.0 Å². The molecule has 1 N–H and O–H groups in total. The van der Waals surface area contributed by atoms with Gasteiger partial charge in [-0.3, -0.25) is 9.59 Å². The van der Waals surface area contributed by atoms with Crippen LogP contribution in [0.4, 0.5) is 10.1 Å². The fourth-order valence-electron chi connectivity index (χ4n) is 2.62. The van der Waals surface area contributed by atoms with E-state index < -0.39 is 18.0 Å². The van der Waals surface area contributed by atoms with Crippen molar-refractivity contribution in [3.8, 4) is 11.3 Å². The van der Waals surface area contributed by atoms with Crippen molar-refractivity contribution in [3.05, 3.63) is 77.8 Å². The highest BCUT2D eigenvalue weighted by Gasteiger charge is 2.22. The average Bonchev–Trinajstić information content (AvgIpc) is 3.19. The summed E-state index contributed by atoms with van der Waals surface area (Å²) in [5.41, 5.74) is 1.29. The summed E-state index contributed by atoms with van der Waals surface area (Å²) in [4.78, 5) is 36.3. The molecule has 1 amide bonds. The predicted molar refractivity (Wildman–Crippen MR) is 104 cm³/mol. The van der Waals surface area contributed by atoms with Gasteiger partial charge in [0.25, 0.3) is 5.91 Å². The number of carbonyl (C=O) groups excluding carboxylic acids is 3. The van der Waals surface area contributed by atoms with Gasteiger partial charge in [-0.2, -0.15) is 0 Å². The SMILES string of the molecule is CC(=O)c1ccccc1NC(=O)[C@@H](C)OC(=O)c1ccc(-c2ccc(F)cc2)o1. The maximum Gasteiger partial charge on any atom is 0.375 e. The minimum Gasteiger partial charge on any atom is -0.449 e. The van der Waals surface area contributed by atoms with E-state index in [2.05, 4.69) is 5.32 Å². The fourth-order valence-corrected chi connectivity index (χ4v) is 2.62. The second-order valence-corrected chi connectivity index (χ2v) is 6.31. The average molecular weight is 395 g/mol. The van der Waals surface area contributed by atoms with Crippen LogP contribution in [-0.2, 0) is 9.53 Å². The molecule has 3 aromatic rings. The fraction of sp³-hybridized carbons (Fsp3) is 0.136. The van der Waals surface area contributed by atoms with Gasteiger partial charge in [-0.25, -0.2) is 9.18 Å². The molecule has 0 aliphatic rings. The first-order chi connectivity index (χ1) is 13.8. The number of nitrogens with one attached hydrogen (secondary N) is 1. The zero-order valence-electron chi connectivity index (χ0n) is 15.8. The van der Waals surface area contributed by atoms with Gasteiger partial charge >= 0.3 is 5.97 Å². The van der Waals surface area contributed by atoms with Crippen LogP contribution in [0.1, 0.15) is 34.8 Å². The highest BCUT2D eigenvalue weighted by molar-refractivity contribution is 6.05. The van der Waals surface area contributed by atoms with Crippen LogP contribution in [0.5, 0.6) is 0 Å². The van der Waals surface area contributed by atoms with E-state index >= 15 is 0 Å². The first-order valence-electron chi connectivity index (χ1n) is 8.82. The van der Waals surface area contributed by atoms with Crippen LogP contribution in [0.15, 0.2) is 65.1 Å². The van der Waals surface area contributed by atoms with Gasteiger partial charge in [0.15, 0.2) is 11.9 Å². The van der Waals surface area contributed by atoms with Crippen molar-refractivity contribution in [1.29, 1.82) is 0 Å². The maximum absolute atomic E-state index is 13.0. The highest BCUT2D eigenvalue weighted by Crippen LogP contribution is 2.23. The van der Waals surface area contributed by atoms with Gasteiger partial charge in [0.1, 0.15) is 11.6 Å². The largest absolute Gasteiger partial charge is 0.449 e. The Balaban J connectivity index is 1.65. The summed E-state index contributed by atoms with van der Waals surface area (Å²) >= 11 is 0. The number of hydrogen-bond donors (Lipinski definition) is 1. The number of benzene rings is 2. The summed E-state index contributed by atoms with van der Waals surface area (Å²) in [7, 11) is 0. The van der Waals surface area contributed by atoms with Gasteiger partial charge < -0.3 is 14.5 Å². The number of anilines is 1. The number of furan rings is 1. The van der Waals surface area contributed by atoms with Crippen molar-refractivity contribution >= 4 is 23.3 Å². The van der Waals surface area contributed by atoms with Crippen LogP contribution in [0.3, 0.4) is 0 Å². The third kappa shape index (κ3) is 4.76. The van der Waals surface area contributed by atoms with E-state index in [-0.39, 0.29) is 17.4 Å². The molecule has 1 aromatic heterocycles. The van der Waals surface area contributed by atoms with Crippen LogP contribution < -0.4 is 5.32 Å². The molecule has 0 saturated carbocycles. The second kappa shape index (κ2) is 8.52. The Kier molecular flexibility index (Phi) is 5.87. The molecule has 2 aromatic carbocycles. The molecular weight excluding hydrogens is 377 g/mol. The van der Waals surface area contributed by atoms with E-state index in [1.54, 1.807) is 30.3 Å². The van der Waals surface area contributed by atoms with Crippen molar-refractivity contribution in [3.63, 3.8) is 0 Å². The topological polar surface area (TPSA) is 85.6 Å². The highest BCUT2D eigenvalue weighted by atomic mass is 19.1. The number of amides is 1. The Bertz CT molecular complexity index is 1060. The summed E-state index contributed by atoms with van der Waals surface area (Å²) in [6.45, 7) is 2.80. The Morgan fingerprint density at radius 3 is 2.38 bits per heavy atom. The molecule has 0 saturated heterocycles. The number of Topliss-reactive ketones (excluding diaryl/α,β-unsaturated/α-hetero) is 1. The van der Waals surface area contributed by atoms with E-state index in [9.17, 15) is 18.8 Å². The van der Waals surface area contributed by atoms with Crippen LogP contribution in [0, 0.1) is 5.82 Å². The molecule has 0 fully saturated rings. The Morgan fingerprint density at radius 1 is 1.00 bits per heavy atom. The lowest BCUT2D eigenvalue weighted by atomic mass is 10.1. The zero-order chi connectivity index (χ0) is 21.0. The number of carbonyl (C=O) groups is 3. The van der Waals surface area contributed by atoms with Crippen molar-refractivity contribution in [2.75, 3.05) is 5.32 Å². The molecular formula is C22H18FNO5. The molecule has 0 unspecified atom stereocenters. The van der Waals surface area contributed by atoms with Crippen molar-refractivity contribution < 1.29 is 27.9 Å². The summed E-state index contributed by atoms with van der Waals surface area (Å²) in [6.07, 6.45) is -1.12. The van der Waals surface area contributed by atoms with Crippen molar-refractivity contribution in [1.82, 2.24) is 0 Å². The maximum atomic E-state index is 13.0. The molecule has 0 bridgehead atoms. The van der Waals surface area contributed by atoms with Gasteiger partial charge in [0, 0.05) is 11.1 Å². The third-order valence-electron chi connectivity index (χ3n) is 4.15. The molecule has 0 aliphatic heterocycles. The number of para-hydroxylation sites is 1. The van der Waals surface area contributed by atoms with E-state index in [1.807, 2.05) is 0 Å². The molecule has 3 rings (SSSR count). The van der Waals surface area contributed by atoms with Crippen molar-refractivity contribution in [2.24, 2.45) is 0 Å². The Morgan fingerprint density at radius 2 is 1.69 bits per heavy atom. The lowest BCUT2D eigenvalue weighted by Crippen LogP contribution is -2.30. The number of rotatable bonds is 6. The predicted octanol–water partition coefficient (Wildman–Crippen LogP) is 4.47. The molecule has 0 aliphatic carbocycles. The smallest absolute Gasteiger partial charge is 0.375 e. The summed E-state index contributed by atoms with van der Waals surface area (Å²) < 4.78 is 23.6. The molecule has 7 heteroatoms. The quantitative estimate of drug-likeness (QED) is 0.492. The van der Waals surface area contributed by atoms with E-state index in [0.717, 1.165) is 0 Å². The Hall–Kier alpha value is -3.74. The van der Waals surface area contributed by atoms with Crippen LogP contribution >= 0.6 is 0 Å². The lowest BCUT2D eigenvalue weighted by Gasteiger charge is -2.14. The van der Waals surface area contributed by atoms with Crippen LogP contribution in [-0.4, -0.2) is 23.8 Å². The molecule has 6 nitrogen and oxygen atoms in total. The number of esters is 1. The molecule has 0 radical (unpaired) electrons. The lowest BCUT2D eigenvalue weighted by molar-refractivity contribution is -0.123. The van der Waals surface area contributed by atoms with Crippen LogP contribution in [0.2, 0.25) is 0 Å². The van der Waals surface area contributed by atoms with E-state index in [1.165, 1.54) is 44.2 Å². The monoisotopic (exact) mass is 395 g/mol. The first-order valence-corrected chi connectivity index (χ1v) is 8.82. The summed E-state index contributed by atoms with van der Waals surface area (Å²) in [5.74, 6) is -1.71. The minimum absolute atomic E-state index is 0.0897. The minimum atomic E-state index is -1.12. The summed E-state index contributed by atoms with van der Waals surface area (Å²) in [5, 5.41) is 2.58. The number of hydrogen-bond acceptors (Lipinski definition) is 5. The zero-order valence-corrected chi connectivity index (χ0v) is 15.8. The molecule has 1 atom stereocenters. The van der Waals surface area contributed by atoms with Gasteiger partial charge in [0.2, 0.25) is 5.76 Å². The van der Waals surface area contributed by atoms with Gasteiger partial charge in [-0.15, -0.1) is 0 Å². The number of halogens is 1. The van der Waals surface area contributed by atoms with E-state index in [4.69, 9.17) is 9.15 Å². The number of ketones is 1.